The number of aromatic hydroxyl groups is 2. The van der Waals surface area contributed by atoms with Gasteiger partial charge in [-0.2, -0.15) is 0 Å². The standard InChI is InChI=1S/C18H13BrN4O5/c19-5-6-28-22-16-12-8-10(24)2-4-14(12)20-17(16)15-11-7-9(23(26)27)1-3-13(11)21-18(15)25/h1-4,7-8,21,24-25H,5-6H2/b22-16+. The number of non-ortho nitro benzene ring substituents is 1. The molecular weight excluding hydrogens is 432 g/mol. The summed E-state index contributed by atoms with van der Waals surface area (Å²) in [6.07, 6.45) is 0. The summed E-state index contributed by atoms with van der Waals surface area (Å²) >= 11 is 3.25. The third kappa shape index (κ3) is 2.97. The van der Waals surface area contributed by atoms with E-state index < -0.39 is 4.92 Å². The number of aliphatic imine (C=N–C) groups is 1. The van der Waals surface area contributed by atoms with Crippen LogP contribution in [0.15, 0.2) is 46.5 Å². The highest BCUT2D eigenvalue weighted by Crippen LogP contribution is 2.38. The molecule has 2 heterocycles. The lowest BCUT2D eigenvalue weighted by molar-refractivity contribution is -0.384. The summed E-state index contributed by atoms with van der Waals surface area (Å²) in [4.78, 5) is 23.2. The van der Waals surface area contributed by atoms with Gasteiger partial charge in [0.2, 0.25) is 0 Å². The molecule has 0 atom stereocenters. The molecule has 3 aromatic rings. The van der Waals surface area contributed by atoms with E-state index in [4.69, 9.17) is 4.84 Å². The van der Waals surface area contributed by atoms with Gasteiger partial charge in [-0.25, -0.2) is 4.99 Å². The van der Waals surface area contributed by atoms with Crippen molar-refractivity contribution in [2.75, 3.05) is 11.9 Å². The number of aromatic amines is 1. The van der Waals surface area contributed by atoms with Crippen molar-refractivity contribution in [2.45, 2.75) is 0 Å². The molecule has 1 aliphatic heterocycles. The highest BCUT2D eigenvalue weighted by atomic mass is 79.9. The Morgan fingerprint density at radius 2 is 2.07 bits per heavy atom. The van der Waals surface area contributed by atoms with E-state index in [-0.39, 0.29) is 22.9 Å². The van der Waals surface area contributed by atoms with Crippen LogP contribution in [0.2, 0.25) is 0 Å². The van der Waals surface area contributed by atoms with E-state index in [1.807, 2.05) is 0 Å². The van der Waals surface area contributed by atoms with E-state index in [0.29, 0.717) is 45.5 Å². The number of hydrogen-bond donors (Lipinski definition) is 3. The highest BCUT2D eigenvalue weighted by molar-refractivity contribution is 9.09. The van der Waals surface area contributed by atoms with Crippen molar-refractivity contribution in [2.24, 2.45) is 10.1 Å². The second-order valence-corrected chi connectivity index (χ2v) is 6.75. The monoisotopic (exact) mass is 444 g/mol. The minimum absolute atomic E-state index is 0.0298. The van der Waals surface area contributed by atoms with Gasteiger partial charge in [-0.05, 0) is 24.3 Å². The van der Waals surface area contributed by atoms with Gasteiger partial charge in [0, 0.05) is 33.9 Å². The van der Waals surface area contributed by atoms with Crippen LogP contribution in [0.3, 0.4) is 0 Å². The number of nitrogens with zero attached hydrogens (tertiary/aromatic N) is 3. The van der Waals surface area contributed by atoms with Crippen LogP contribution >= 0.6 is 15.9 Å². The molecule has 0 unspecified atom stereocenters. The zero-order valence-corrected chi connectivity index (χ0v) is 15.8. The Balaban J connectivity index is 1.92. The number of hydrogen-bond acceptors (Lipinski definition) is 7. The maximum atomic E-state index is 11.2. The number of halogens is 1. The average Bonchev–Trinajstić information content (AvgIpc) is 3.17. The van der Waals surface area contributed by atoms with Crippen LogP contribution in [0.4, 0.5) is 11.4 Å². The molecule has 10 heteroatoms. The number of oxime groups is 1. The van der Waals surface area contributed by atoms with Gasteiger partial charge < -0.3 is 20.0 Å². The minimum atomic E-state index is -0.509. The molecule has 2 aromatic carbocycles. The lowest BCUT2D eigenvalue weighted by Crippen LogP contribution is -2.13. The molecule has 0 aliphatic carbocycles. The number of nitrogens with one attached hydrogen (secondary N) is 1. The van der Waals surface area contributed by atoms with Gasteiger partial charge >= 0.3 is 0 Å². The van der Waals surface area contributed by atoms with E-state index in [0.717, 1.165) is 0 Å². The summed E-state index contributed by atoms with van der Waals surface area (Å²) in [5.41, 5.74) is 2.34. The molecule has 3 N–H and O–H groups in total. The predicted molar refractivity (Wildman–Crippen MR) is 107 cm³/mol. The quantitative estimate of drug-likeness (QED) is 0.238. The number of nitro benzene ring substituents is 1. The van der Waals surface area contributed by atoms with Gasteiger partial charge in [-0.1, -0.05) is 21.1 Å². The van der Waals surface area contributed by atoms with Crippen LogP contribution < -0.4 is 0 Å². The maximum Gasteiger partial charge on any atom is 0.270 e. The van der Waals surface area contributed by atoms with E-state index in [1.165, 1.54) is 30.3 Å². The van der Waals surface area contributed by atoms with Crippen LogP contribution in [0.25, 0.3) is 10.9 Å². The first-order valence-electron chi connectivity index (χ1n) is 8.17. The molecule has 0 radical (unpaired) electrons. The largest absolute Gasteiger partial charge is 0.508 e. The first-order valence-corrected chi connectivity index (χ1v) is 9.29. The van der Waals surface area contributed by atoms with Crippen molar-refractivity contribution in [3.05, 3.63) is 57.6 Å². The van der Waals surface area contributed by atoms with Crippen molar-refractivity contribution in [3.63, 3.8) is 0 Å². The number of aromatic nitrogens is 1. The highest BCUT2D eigenvalue weighted by Gasteiger charge is 2.30. The van der Waals surface area contributed by atoms with Crippen molar-refractivity contribution < 1.29 is 20.0 Å². The van der Waals surface area contributed by atoms with Gasteiger partial charge in [-0.15, -0.1) is 0 Å². The summed E-state index contributed by atoms with van der Waals surface area (Å²) in [5.74, 6) is -0.165. The fourth-order valence-electron chi connectivity index (χ4n) is 3.04. The molecule has 1 aromatic heterocycles. The number of fused-ring (bicyclic) bond motifs is 2. The molecular formula is C18H13BrN4O5. The molecule has 0 fully saturated rings. The van der Waals surface area contributed by atoms with E-state index >= 15 is 0 Å². The molecule has 4 rings (SSSR count). The fraction of sp³-hybridized carbons (Fsp3) is 0.111. The topological polar surface area (TPSA) is 133 Å². The first-order chi connectivity index (χ1) is 13.5. The third-order valence-corrected chi connectivity index (χ3v) is 4.55. The Labute approximate surface area is 166 Å². The average molecular weight is 445 g/mol. The molecule has 0 bridgehead atoms. The number of benzene rings is 2. The first kappa shape index (κ1) is 18.0. The zero-order chi connectivity index (χ0) is 19.8. The van der Waals surface area contributed by atoms with Crippen molar-refractivity contribution in [3.8, 4) is 11.6 Å². The molecule has 28 heavy (non-hydrogen) atoms. The number of alkyl halides is 1. The normalized spacial score (nSPS) is 14.3. The lowest BCUT2D eigenvalue weighted by Gasteiger charge is -2.05. The number of H-pyrrole nitrogens is 1. The van der Waals surface area contributed by atoms with E-state index in [9.17, 15) is 20.3 Å². The molecule has 0 saturated carbocycles. The summed E-state index contributed by atoms with van der Waals surface area (Å²) in [6, 6.07) is 8.83. The van der Waals surface area contributed by atoms with E-state index in [1.54, 1.807) is 6.07 Å². The fourth-order valence-corrected chi connectivity index (χ4v) is 3.19. The van der Waals surface area contributed by atoms with E-state index in [2.05, 4.69) is 31.1 Å². The number of phenolic OH excluding ortho intramolecular Hbond substituents is 1. The number of nitro groups is 1. The Morgan fingerprint density at radius 1 is 1.25 bits per heavy atom. The van der Waals surface area contributed by atoms with Crippen LogP contribution in [0, 0.1) is 10.1 Å². The van der Waals surface area contributed by atoms with Gasteiger partial charge in [0.15, 0.2) is 5.88 Å². The minimum Gasteiger partial charge on any atom is -0.508 e. The molecule has 9 nitrogen and oxygen atoms in total. The molecule has 0 spiro atoms. The smallest absolute Gasteiger partial charge is 0.270 e. The molecule has 0 amide bonds. The second-order valence-electron chi connectivity index (χ2n) is 5.96. The summed E-state index contributed by atoms with van der Waals surface area (Å²) < 4.78 is 0. The van der Waals surface area contributed by atoms with Crippen molar-refractivity contribution in [1.82, 2.24) is 4.98 Å². The SMILES string of the molecule is O=[N+]([O-])c1ccc2[nH]c(O)c(C3=Nc4ccc(O)cc4/C3=N\OCCBr)c2c1. The third-order valence-electron chi connectivity index (χ3n) is 4.23. The number of phenols is 1. The number of rotatable bonds is 5. The van der Waals surface area contributed by atoms with Crippen LogP contribution in [0.5, 0.6) is 11.6 Å². The van der Waals surface area contributed by atoms with Gasteiger partial charge in [0.1, 0.15) is 23.8 Å². The summed E-state index contributed by atoms with van der Waals surface area (Å²) in [7, 11) is 0. The van der Waals surface area contributed by atoms with Crippen molar-refractivity contribution in [1.29, 1.82) is 0 Å². The van der Waals surface area contributed by atoms with Gasteiger partial charge in [0.25, 0.3) is 5.69 Å². The molecule has 0 saturated heterocycles. The van der Waals surface area contributed by atoms with Gasteiger partial charge in [0.05, 0.1) is 16.2 Å². The summed E-state index contributed by atoms with van der Waals surface area (Å²) in [6.45, 7) is 0.302. The Hall–Kier alpha value is -3.40. The Kier molecular flexibility index (Phi) is 4.47. The lowest BCUT2D eigenvalue weighted by atomic mass is 10.0. The zero-order valence-electron chi connectivity index (χ0n) is 14.2. The Morgan fingerprint density at radius 3 is 2.82 bits per heavy atom. The molecule has 1 aliphatic rings. The van der Waals surface area contributed by atoms with Crippen LogP contribution in [-0.2, 0) is 4.84 Å². The van der Waals surface area contributed by atoms with Crippen molar-refractivity contribution >= 4 is 49.6 Å². The van der Waals surface area contributed by atoms with Gasteiger partial charge in [-0.3, -0.25) is 10.1 Å². The summed E-state index contributed by atoms with van der Waals surface area (Å²) in [5, 5.41) is 36.6. The second kappa shape index (κ2) is 6.97. The van der Waals surface area contributed by atoms with Crippen LogP contribution in [0.1, 0.15) is 11.1 Å². The van der Waals surface area contributed by atoms with Crippen LogP contribution in [-0.4, -0.2) is 43.5 Å². The maximum absolute atomic E-state index is 11.2. The molecule has 142 valence electrons. The predicted octanol–water partition coefficient (Wildman–Crippen LogP) is 3.74. The Bertz CT molecular complexity index is 1170.